The van der Waals surface area contributed by atoms with Gasteiger partial charge in [0.15, 0.2) is 0 Å². The van der Waals surface area contributed by atoms with E-state index in [0.29, 0.717) is 6.67 Å². The van der Waals surface area contributed by atoms with Crippen molar-refractivity contribution in [3.63, 3.8) is 0 Å². The molecule has 1 aromatic rings. The number of amides is 2. The lowest BCUT2D eigenvalue weighted by atomic mass is 10.2. The van der Waals surface area contributed by atoms with E-state index in [4.69, 9.17) is 0 Å². The summed E-state index contributed by atoms with van der Waals surface area (Å²) in [6, 6.07) is 7.88. The molecule has 0 aromatic heterocycles. The fraction of sp³-hybridized carbons (Fsp3) is 0.417. The number of unbranched alkanes of at least 4 members (excludes halogenated alkanes) is 1. The van der Waals surface area contributed by atoms with Crippen LogP contribution in [0.15, 0.2) is 24.3 Å². The van der Waals surface area contributed by atoms with Gasteiger partial charge in [-0.3, -0.25) is 4.90 Å². The van der Waals surface area contributed by atoms with Crippen LogP contribution in [-0.2, 0) is 0 Å². The number of hydrogen-bond donors (Lipinski definition) is 2. The van der Waals surface area contributed by atoms with E-state index in [2.05, 4.69) is 17.6 Å². The minimum atomic E-state index is -0.0223. The molecule has 86 valence electrons. The zero-order valence-corrected chi connectivity index (χ0v) is 9.49. The van der Waals surface area contributed by atoms with Gasteiger partial charge in [-0.25, -0.2) is 4.79 Å². The normalized spacial score (nSPS) is 14.8. The summed E-state index contributed by atoms with van der Waals surface area (Å²) in [5.41, 5.74) is 1.97. The predicted molar refractivity (Wildman–Crippen MR) is 65.7 cm³/mol. The number of anilines is 2. The molecule has 1 heterocycles. The van der Waals surface area contributed by atoms with Gasteiger partial charge in [0.1, 0.15) is 0 Å². The van der Waals surface area contributed by atoms with Gasteiger partial charge < -0.3 is 10.6 Å². The van der Waals surface area contributed by atoms with Crippen molar-refractivity contribution in [3.05, 3.63) is 24.3 Å². The first-order chi connectivity index (χ1) is 7.83. The second kappa shape index (κ2) is 4.88. The van der Waals surface area contributed by atoms with Gasteiger partial charge in [-0.2, -0.15) is 0 Å². The van der Waals surface area contributed by atoms with Crippen molar-refractivity contribution in [2.45, 2.75) is 19.8 Å². The second-order valence-corrected chi connectivity index (χ2v) is 3.86. The molecule has 0 saturated carbocycles. The molecule has 2 amide bonds. The van der Waals surface area contributed by atoms with E-state index < -0.39 is 0 Å². The van der Waals surface area contributed by atoms with E-state index in [1.54, 1.807) is 4.90 Å². The molecule has 0 atom stereocenters. The van der Waals surface area contributed by atoms with Gasteiger partial charge in [-0.1, -0.05) is 25.5 Å². The fourth-order valence-electron chi connectivity index (χ4n) is 1.82. The first kappa shape index (κ1) is 10.8. The SMILES string of the molecule is CCCCN1C(=O)NCNc2ccccc21. The molecule has 2 N–H and O–H groups in total. The van der Waals surface area contributed by atoms with Crippen LogP contribution in [0.1, 0.15) is 19.8 Å². The quantitative estimate of drug-likeness (QED) is 0.819. The van der Waals surface area contributed by atoms with Crippen molar-refractivity contribution in [1.29, 1.82) is 0 Å². The Hall–Kier alpha value is -1.71. The Labute approximate surface area is 95.6 Å². The summed E-state index contributed by atoms with van der Waals surface area (Å²) in [7, 11) is 0. The van der Waals surface area contributed by atoms with Gasteiger partial charge in [0, 0.05) is 6.54 Å². The first-order valence-corrected chi connectivity index (χ1v) is 5.71. The molecule has 0 spiro atoms. The number of hydrogen-bond acceptors (Lipinski definition) is 2. The maximum atomic E-state index is 11.9. The molecule has 0 unspecified atom stereocenters. The Morgan fingerprint density at radius 3 is 2.94 bits per heavy atom. The van der Waals surface area contributed by atoms with Crippen molar-refractivity contribution in [2.24, 2.45) is 0 Å². The third kappa shape index (κ3) is 2.10. The Kier molecular flexibility index (Phi) is 3.29. The second-order valence-electron chi connectivity index (χ2n) is 3.86. The van der Waals surface area contributed by atoms with E-state index >= 15 is 0 Å². The number of carbonyl (C=O) groups excluding carboxylic acids is 1. The van der Waals surface area contributed by atoms with Crippen LogP contribution < -0.4 is 15.5 Å². The van der Waals surface area contributed by atoms with Gasteiger partial charge in [0.25, 0.3) is 0 Å². The molecule has 0 fully saturated rings. The lowest BCUT2D eigenvalue weighted by Crippen LogP contribution is -2.40. The number of urea groups is 1. The first-order valence-electron chi connectivity index (χ1n) is 5.71. The third-order valence-corrected chi connectivity index (χ3v) is 2.69. The lowest BCUT2D eigenvalue weighted by Gasteiger charge is -2.21. The van der Waals surface area contributed by atoms with E-state index in [1.165, 1.54) is 0 Å². The Balaban J connectivity index is 2.28. The molecule has 0 saturated heterocycles. The molecule has 4 nitrogen and oxygen atoms in total. The van der Waals surface area contributed by atoms with Crippen molar-refractivity contribution in [1.82, 2.24) is 5.32 Å². The molecule has 0 aliphatic carbocycles. The smallest absolute Gasteiger partial charge is 0.323 e. The standard InChI is InChI=1S/C12H17N3O/c1-2-3-8-15-11-7-5-4-6-10(11)13-9-14-12(15)16/h4-7,13H,2-3,8-9H2,1H3,(H,14,16). The predicted octanol–water partition coefficient (Wildman–Crippen LogP) is 2.39. The molecular weight excluding hydrogens is 202 g/mol. The van der Waals surface area contributed by atoms with Crippen molar-refractivity contribution >= 4 is 17.4 Å². The summed E-state index contributed by atoms with van der Waals surface area (Å²) in [4.78, 5) is 13.7. The molecule has 1 aliphatic rings. The minimum absolute atomic E-state index is 0.0223. The highest BCUT2D eigenvalue weighted by molar-refractivity contribution is 5.96. The Morgan fingerprint density at radius 2 is 2.12 bits per heavy atom. The molecule has 0 bridgehead atoms. The zero-order chi connectivity index (χ0) is 11.4. The van der Waals surface area contributed by atoms with Crippen LogP contribution in [0.5, 0.6) is 0 Å². The third-order valence-electron chi connectivity index (χ3n) is 2.69. The maximum Gasteiger partial charge on any atom is 0.323 e. The van der Waals surface area contributed by atoms with Gasteiger partial charge in [-0.15, -0.1) is 0 Å². The van der Waals surface area contributed by atoms with Gasteiger partial charge in [0.05, 0.1) is 18.0 Å². The largest absolute Gasteiger partial charge is 0.366 e. The molecule has 1 aromatic carbocycles. The lowest BCUT2D eigenvalue weighted by molar-refractivity contribution is 0.247. The molecule has 0 radical (unpaired) electrons. The molecule has 4 heteroatoms. The number of para-hydroxylation sites is 2. The maximum absolute atomic E-state index is 11.9. The van der Waals surface area contributed by atoms with Gasteiger partial charge in [0.2, 0.25) is 0 Å². The van der Waals surface area contributed by atoms with E-state index in [-0.39, 0.29) is 6.03 Å². The number of nitrogens with zero attached hydrogens (tertiary/aromatic N) is 1. The van der Waals surface area contributed by atoms with Crippen molar-refractivity contribution in [3.8, 4) is 0 Å². The summed E-state index contributed by atoms with van der Waals surface area (Å²) in [6.45, 7) is 3.37. The summed E-state index contributed by atoms with van der Waals surface area (Å²) in [6.07, 6.45) is 2.10. The van der Waals surface area contributed by atoms with E-state index in [9.17, 15) is 4.79 Å². The van der Waals surface area contributed by atoms with Crippen molar-refractivity contribution in [2.75, 3.05) is 23.4 Å². The van der Waals surface area contributed by atoms with Crippen LogP contribution in [0, 0.1) is 0 Å². The number of nitrogens with one attached hydrogen (secondary N) is 2. The summed E-state index contributed by atoms with van der Waals surface area (Å²) in [5.74, 6) is 0. The summed E-state index contributed by atoms with van der Waals surface area (Å²) >= 11 is 0. The van der Waals surface area contributed by atoms with E-state index in [1.807, 2.05) is 24.3 Å². The monoisotopic (exact) mass is 219 g/mol. The molecular formula is C12H17N3O. The number of fused-ring (bicyclic) bond motifs is 1. The Bertz CT molecular complexity index is 378. The summed E-state index contributed by atoms with van der Waals surface area (Å²) in [5, 5.41) is 6.01. The fourth-order valence-corrected chi connectivity index (χ4v) is 1.82. The number of carbonyl (C=O) groups is 1. The van der Waals surface area contributed by atoms with Crippen LogP contribution in [0.25, 0.3) is 0 Å². The average Bonchev–Trinajstić information content (AvgIpc) is 2.46. The zero-order valence-electron chi connectivity index (χ0n) is 9.49. The minimum Gasteiger partial charge on any atom is -0.366 e. The van der Waals surface area contributed by atoms with Crippen LogP contribution in [-0.4, -0.2) is 19.2 Å². The van der Waals surface area contributed by atoms with Gasteiger partial charge >= 0.3 is 6.03 Å². The van der Waals surface area contributed by atoms with Gasteiger partial charge in [-0.05, 0) is 18.6 Å². The van der Waals surface area contributed by atoms with Crippen LogP contribution in [0.2, 0.25) is 0 Å². The summed E-state index contributed by atoms with van der Waals surface area (Å²) < 4.78 is 0. The average molecular weight is 219 g/mol. The molecule has 2 rings (SSSR count). The highest BCUT2D eigenvalue weighted by Crippen LogP contribution is 2.27. The highest BCUT2D eigenvalue weighted by Gasteiger charge is 2.20. The number of rotatable bonds is 3. The van der Waals surface area contributed by atoms with Crippen LogP contribution in [0.4, 0.5) is 16.2 Å². The van der Waals surface area contributed by atoms with Crippen molar-refractivity contribution < 1.29 is 4.79 Å². The highest BCUT2D eigenvalue weighted by atomic mass is 16.2. The molecule has 1 aliphatic heterocycles. The van der Waals surface area contributed by atoms with E-state index in [0.717, 1.165) is 30.8 Å². The van der Waals surface area contributed by atoms with Crippen LogP contribution >= 0.6 is 0 Å². The molecule has 16 heavy (non-hydrogen) atoms. The Morgan fingerprint density at radius 1 is 1.31 bits per heavy atom. The van der Waals surface area contributed by atoms with Crippen LogP contribution in [0.3, 0.4) is 0 Å². The number of benzene rings is 1. The topological polar surface area (TPSA) is 44.4 Å².